The molecule has 0 aromatic rings. The predicted molar refractivity (Wildman–Crippen MR) is 81.2 cm³/mol. The Morgan fingerprint density at radius 2 is 0.444 bits per heavy atom. The Morgan fingerprint density at radius 1 is 0.333 bits per heavy atom. The molecule has 0 bridgehead atoms. The second kappa shape index (κ2) is 6.38. The van der Waals surface area contributed by atoms with Gasteiger partial charge in [0, 0.05) is 0 Å². The topological polar surface area (TPSA) is 18.5 Å². The van der Waals surface area contributed by atoms with Crippen LogP contribution in [0.2, 0.25) is 0 Å². The van der Waals surface area contributed by atoms with Crippen LogP contribution in [-0.2, 0) is 9.47 Å². The van der Waals surface area contributed by atoms with Gasteiger partial charge in [-0.1, -0.05) is 0 Å². The van der Waals surface area contributed by atoms with Crippen LogP contribution in [0.3, 0.4) is 0 Å². The van der Waals surface area contributed by atoms with Gasteiger partial charge in [-0.05, 0) is 83.1 Å². The van der Waals surface area contributed by atoms with Gasteiger partial charge in [0.05, 0.1) is 22.4 Å². The van der Waals surface area contributed by atoms with E-state index >= 15 is 0 Å². The summed E-state index contributed by atoms with van der Waals surface area (Å²) in [4.78, 5) is 0. The number of hydrogen-bond donors (Lipinski definition) is 0. The maximum Gasteiger partial charge on any atom is 0.0605 e. The summed E-state index contributed by atoms with van der Waals surface area (Å²) in [6.45, 7) is 24.8. The highest BCUT2D eigenvalue weighted by molar-refractivity contribution is 4.68. The lowest BCUT2D eigenvalue weighted by molar-refractivity contribution is -0.102. The Kier molecular flexibility index (Phi) is 7.18. The van der Waals surface area contributed by atoms with Gasteiger partial charge in [0.15, 0.2) is 0 Å². The quantitative estimate of drug-likeness (QED) is 0.596. The first-order valence-corrected chi connectivity index (χ1v) is 6.82. The number of ether oxygens (including phenoxy) is 2. The van der Waals surface area contributed by atoms with Crippen molar-refractivity contribution < 1.29 is 9.47 Å². The lowest BCUT2D eigenvalue weighted by Gasteiger charge is -2.30. The summed E-state index contributed by atoms with van der Waals surface area (Å²) in [6, 6.07) is 0. The zero-order valence-corrected chi connectivity index (χ0v) is 14.8. The first kappa shape index (κ1) is 20.2. The summed E-state index contributed by atoms with van der Waals surface area (Å²) in [5.74, 6) is 0. The molecule has 0 spiro atoms. The molecule has 2 nitrogen and oxygen atoms in total. The molecule has 0 aromatic heterocycles. The minimum absolute atomic E-state index is 0.0156. The van der Waals surface area contributed by atoms with Crippen molar-refractivity contribution in [3.63, 3.8) is 0 Å². The van der Waals surface area contributed by atoms with Crippen molar-refractivity contribution in [2.24, 2.45) is 0 Å². The average molecular weight is 260 g/mol. The molecule has 0 aliphatic carbocycles. The van der Waals surface area contributed by atoms with Gasteiger partial charge in [0.1, 0.15) is 0 Å². The Hall–Kier alpha value is -0.0800. The fraction of sp³-hybridized carbons (Fsp3) is 1.00. The average Bonchev–Trinajstić information content (AvgIpc) is 1.64. The van der Waals surface area contributed by atoms with Gasteiger partial charge in [0.2, 0.25) is 0 Å². The van der Waals surface area contributed by atoms with Crippen LogP contribution < -0.4 is 0 Å². The van der Waals surface area contributed by atoms with E-state index in [9.17, 15) is 0 Å². The SMILES string of the molecule is CC(C)(C)OC(C)(C)C.CC(C)(C)OC(C)(C)C. The van der Waals surface area contributed by atoms with E-state index in [1.165, 1.54) is 0 Å². The van der Waals surface area contributed by atoms with E-state index in [0.717, 1.165) is 0 Å². The molecular formula is C16H36O2. The molecule has 0 aliphatic heterocycles. The van der Waals surface area contributed by atoms with E-state index in [-0.39, 0.29) is 22.4 Å². The number of hydrogen-bond acceptors (Lipinski definition) is 2. The molecule has 0 aliphatic rings. The maximum atomic E-state index is 5.62. The highest BCUT2D eigenvalue weighted by atomic mass is 16.5. The van der Waals surface area contributed by atoms with Crippen molar-refractivity contribution in [1.82, 2.24) is 0 Å². The minimum atomic E-state index is -0.0156. The molecule has 0 unspecified atom stereocenters. The van der Waals surface area contributed by atoms with Gasteiger partial charge in [-0.2, -0.15) is 0 Å². The molecule has 0 fully saturated rings. The third-order valence-corrected chi connectivity index (χ3v) is 1.22. The standard InChI is InChI=1S/2C8H18O/c2*1-7(2,3)9-8(4,5)6/h2*1-6H3. The van der Waals surface area contributed by atoms with Crippen LogP contribution in [0.5, 0.6) is 0 Å². The normalized spacial score (nSPS) is 14.0. The van der Waals surface area contributed by atoms with Crippen molar-refractivity contribution in [2.45, 2.75) is 105 Å². The summed E-state index contributed by atoms with van der Waals surface area (Å²) in [7, 11) is 0. The zero-order valence-electron chi connectivity index (χ0n) is 14.8. The predicted octanol–water partition coefficient (Wildman–Crippen LogP) is 5.20. The smallest absolute Gasteiger partial charge is 0.0605 e. The van der Waals surface area contributed by atoms with E-state index < -0.39 is 0 Å². The lowest BCUT2D eigenvalue weighted by Crippen LogP contribution is -2.31. The molecule has 18 heavy (non-hydrogen) atoms. The van der Waals surface area contributed by atoms with Crippen LogP contribution in [-0.4, -0.2) is 22.4 Å². The van der Waals surface area contributed by atoms with E-state index in [0.29, 0.717) is 0 Å². The van der Waals surface area contributed by atoms with Crippen LogP contribution in [0.1, 0.15) is 83.1 Å². The molecule has 0 radical (unpaired) electrons. The van der Waals surface area contributed by atoms with Crippen molar-refractivity contribution >= 4 is 0 Å². The largest absolute Gasteiger partial charge is 0.370 e. The lowest BCUT2D eigenvalue weighted by atomic mass is 10.1. The third kappa shape index (κ3) is 24.9. The Labute approximate surface area is 115 Å². The fourth-order valence-electron chi connectivity index (χ4n) is 1.84. The molecular weight excluding hydrogens is 224 g/mol. The Morgan fingerprint density at radius 3 is 0.444 bits per heavy atom. The summed E-state index contributed by atoms with van der Waals surface area (Å²) in [5, 5.41) is 0. The fourth-order valence-corrected chi connectivity index (χ4v) is 1.84. The van der Waals surface area contributed by atoms with Gasteiger partial charge in [0.25, 0.3) is 0 Å². The van der Waals surface area contributed by atoms with Crippen molar-refractivity contribution in [3.05, 3.63) is 0 Å². The van der Waals surface area contributed by atoms with Gasteiger partial charge in [-0.15, -0.1) is 0 Å². The summed E-state index contributed by atoms with van der Waals surface area (Å²) < 4.78 is 11.2. The van der Waals surface area contributed by atoms with Crippen molar-refractivity contribution in [1.29, 1.82) is 0 Å². The van der Waals surface area contributed by atoms with Crippen molar-refractivity contribution in [2.75, 3.05) is 0 Å². The van der Waals surface area contributed by atoms with E-state index in [1.807, 2.05) is 0 Å². The highest BCUT2D eigenvalue weighted by Gasteiger charge is 2.20. The maximum absolute atomic E-state index is 5.62. The Bertz CT molecular complexity index is 165. The van der Waals surface area contributed by atoms with Crippen LogP contribution in [0, 0.1) is 0 Å². The molecule has 2 heteroatoms. The van der Waals surface area contributed by atoms with Crippen LogP contribution in [0.4, 0.5) is 0 Å². The molecule has 0 atom stereocenters. The third-order valence-electron chi connectivity index (χ3n) is 1.22. The first-order chi connectivity index (χ1) is 7.41. The highest BCUT2D eigenvalue weighted by Crippen LogP contribution is 2.18. The second-order valence-corrected chi connectivity index (χ2v) is 8.65. The minimum Gasteiger partial charge on any atom is -0.370 e. The first-order valence-electron chi connectivity index (χ1n) is 6.82. The molecule has 0 amide bonds. The molecule has 0 aromatic carbocycles. The summed E-state index contributed by atoms with van der Waals surface area (Å²) in [5.41, 5.74) is -0.0625. The monoisotopic (exact) mass is 260 g/mol. The molecule has 0 heterocycles. The number of rotatable bonds is 0. The van der Waals surface area contributed by atoms with Gasteiger partial charge < -0.3 is 9.47 Å². The van der Waals surface area contributed by atoms with Crippen LogP contribution >= 0.6 is 0 Å². The molecule has 112 valence electrons. The molecule has 0 saturated heterocycles. The van der Waals surface area contributed by atoms with Crippen LogP contribution in [0.15, 0.2) is 0 Å². The summed E-state index contributed by atoms with van der Waals surface area (Å²) >= 11 is 0. The van der Waals surface area contributed by atoms with Crippen molar-refractivity contribution in [3.8, 4) is 0 Å². The Balaban J connectivity index is 0. The summed E-state index contributed by atoms with van der Waals surface area (Å²) in [6.07, 6.45) is 0. The van der Waals surface area contributed by atoms with Gasteiger partial charge in [-0.3, -0.25) is 0 Å². The van der Waals surface area contributed by atoms with E-state index in [4.69, 9.17) is 9.47 Å². The van der Waals surface area contributed by atoms with Gasteiger partial charge in [-0.25, -0.2) is 0 Å². The zero-order chi connectivity index (χ0) is 15.4. The van der Waals surface area contributed by atoms with Gasteiger partial charge >= 0.3 is 0 Å². The second-order valence-electron chi connectivity index (χ2n) is 8.65. The molecule has 0 rings (SSSR count). The van der Waals surface area contributed by atoms with Crippen LogP contribution in [0.25, 0.3) is 0 Å². The van der Waals surface area contributed by atoms with E-state index in [1.54, 1.807) is 0 Å². The molecule has 0 saturated carbocycles. The van der Waals surface area contributed by atoms with E-state index in [2.05, 4.69) is 83.1 Å². The molecule has 0 N–H and O–H groups in total.